The number of nitrogens with one attached hydrogen (secondary N) is 2. The van der Waals surface area contributed by atoms with Crippen LogP contribution in [-0.2, 0) is 11.4 Å². The fourth-order valence-corrected chi connectivity index (χ4v) is 3.75. The van der Waals surface area contributed by atoms with Gasteiger partial charge in [0.2, 0.25) is 0 Å². The molecule has 0 radical (unpaired) electrons. The molecule has 9 heteroatoms. The lowest BCUT2D eigenvalue weighted by Gasteiger charge is -2.20. The number of hydrazone groups is 1. The average molecular weight is 533 g/mol. The smallest absolute Gasteiger partial charge is 0.262 e. The number of benzene rings is 3. The van der Waals surface area contributed by atoms with Crippen LogP contribution in [0.2, 0.25) is 15.1 Å². The molecule has 1 atom stereocenters. The van der Waals surface area contributed by atoms with Crippen molar-refractivity contribution in [3.63, 3.8) is 0 Å². The summed E-state index contributed by atoms with van der Waals surface area (Å²) in [6.45, 7) is 3.94. The maximum Gasteiger partial charge on any atom is 0.262 e. The molecule has 2 N–H and O–H groups in total. The molecule has 0 saturated heterocycles. The number of nitrogens with zero attached hydrogens (tertiary/aromatic N) is 1. The van der Waals surface area contributed by atoms with Gasteiger partial charge in [-0.3, -0.25) is 9.59 Å². The molecule has 2 amide bonds. The minimum atomic E-state index is -0.809. The highest BCUT2D eigenvalue weighted by atomic mass is 35.5. The summed E-state index contributed by atoms with van der Waals surface area (Å²) in [5.74, 6) is -0.523. The third-order valence-corrected chi connectivity index (χ3v) is 5.66. The van der Waals surface area contributed by atoms with Crippen molar-refractivity contribution in [2.45, 2.75) is 26.5 Å². The van der Waals surface area contributed by atoms with Crippen molar-refractivity contribution in [3.05, 3.63) is 98.5 Å². The molecule has 1 unspecified atom stereocenters. The first-order valence-electron chi connectivity index (χ1n) is 10.8. The number of hydrogen-bond donors (Lipinski definition) is 2. The summed E-state index contributed by atoms with van der Waals surface area (Å²) in [6.07, 6.45) is 1.44. The number of carbonyl (C=O) groups excluding carboxylic acids is 2. The van der Waals surface area contributed by atoms with Crippen LogP contribution in [0, 0.1) is 5.92 Å². The lowest BCUT2D eigenvalue weighted by atomic mass is 10.0. The van der Waals surface area contributed by atoms with E-state index < -0.39 is 17.9 Å². The van der Waals surface area contributed by atoms with E-state index in [1.807, 2.05) is 32.0 Å². The molecule has 0 aliphatic carbocycles. The molecule has 0 fully saturated rings. The topological polar surface area (TPSA) is 79.8 Å². The predicted octanol–water partition coefficient (Wildman–Crippen LogP) is 6.13. The van der Waals surface area contributed by atoms with Crippen molar-refractivity contribution in [1.29, 1.82) is 0 Å². The van der Waals surface area contributed by atoms with Crippen LogP contribution in [0.3, 0.4) is 0 Å². The third-order valence-electron chi connectivity index (χ3n) is 4.96. The van der Waals surface area contributed by atoms with Crippen LogP contribution in [0.25, 0.3) is 0 Å². The van der Waals surface area contributed by atoms with Crippen molar-refractivity contribution in [2.24, 2.45) is 11.0 Å². The van der Waals surface area contributed by atoms with E-state index in [0.29, 0.717) is 38.6 Å². The van der Waals surface area contributed by atoms with E-state index in [2.05, 4.69) is 15.8 Å². The Morgan fingerprint density at radius 1 is 0.943 bits per heavy atom. The zero-order chi connectivity index (χ0) is 25.4. The van der Waals surface area contributed by atoms with E-state index in [0.717, 1.165) is 5.56 Å². The van der Waals surface area contributed by atoms with Gasteiger partial charge in [-0.15, -0.1) is 0 Å². The van der Waals surface area contributed by atoms with Crippen LogP contribution in [-0.4, -0.2) is 24.1 Å². The van der Waals surface area contributed by atoms with Gasteiger partial charge in [0.15, 0.2) is 0 Å². The standard InChI is InChI=1S/C26H24Cl3N3O3/c1-16(2)24(31-25(33)18-6-4-8-21(28)12-18)26(34)32-30-14-19-13-22(29)9-10-23(19)35-15-17-5-3-7-20(27)11-17/h3-14,16,24H,15H2,1-2H3,(H,31,33)(H,32,34). The number of ether oxygens (including phenoxy) is 1. The minimum absolute atomic E-state index is 0.184. The Balaban J connectivity index is 1.66. The maximum absolute atomic E-state index is 12.8. The van der Waals surface area contributed by atoms with Crippen LogP contribution in [0.4, 0.5) is 0 Å². The molecule has 0 aromatic heterocycles. The summed E-state index contributed by atoms with van der Waals surface area (Å²) in [4.78, 5) is 25.3. The lowest BCUT2D eigenvalue weighted by molar-refractivity contribution is -0.123. The maximum atomic E-state index is 12.8. The largest absolute Gasteiger partial charge is 0.488 e. The fourth-order valence-electron chi connectivity index (χ4n) is 3.16. The predicted molar refractivity (Wildman–Crippen MR) is 141 cm³/mol. The van der Waals surface area contributed by atoms with Crippen LogP contribution in [0.15, 0.2) is 71.8 Å². The molecule has 0 heterocycles. The van der Waals surface area contributed by atoms with Gasteiger partial charge in [0.1, 0.15) is 18.4 Å². The Kier molecular flexibility index (Phi) is 9.55. The Morgan fingerprint density at radius 3 is 2.31 bits per heavy atom. The van der Waals surface area contributed by atoms with Crippen molar-refractivity contribution >= 4 is 52.8 Å². The summed E-state index contributed by atoms with van der Waals surface area (Å²) in [5.41, 5.74) is 4.32. The second kappa shape index (κ2) is 12.6. The summed E-state index contributed by atoms with van der Waals surface area (Å²) >= 11 is 18.1. The monoisotopic (exact) mass is 531 g/mol. The second-order valence-electron chi connectivity index (χ2n) is 8.04. The SMILES string of the molecule is CC(C)C(NC(=O)c1cccc(Cl)c1)C(=O)NN=Cc1cc(Cl)ccc1OCc1cccc(Cl)c1. The molecule has 35 heavy (non-hydrogen) atoms. The highest BCUT2D eigenvalue weighted by Crippen LogP contribution is 2.23. The molecule has 0 aliphatic rings. The lowest BCUT2D eigenvalue weighted by Crippen LogP contribution is -2.48. The molecule has 0 spiro atoms. The molecule has 3 aromatic rings. The molecule has 6 nitrogen and oxygen atoms in total. The van der Waals surface area contributed by atoms with Gasteiger partial charge >= 0.3 is 0 Å². The molecule has 0 aliphatic heterocycles. The quantitative estimate of drug-likeness (QED) is 0.257. The highest BCUT2D eigenvalue weighted by Gasteiger charge is 2.24. The van der Waals surface area contributed by atoms with Crippen molar-refractivity contribution in [1.82, 2.24) is 10.7 Å². The zero-order valence-electron chi connectivity index (χ0n) is 19.1. The van der Waals surface area contributed by atoms with Crippen molar-refractivity contribution in [3.8, 4) is 5.75 Å². The number of amides is 2. The summed E-state index contributed by atoms with van der Waals surface area (Å²) in [6, 6.07) is 18.1. The Bertz CT molecular complexity index is 1230. The fraction of sp³-hybridized carbons (Fsp3) is 0.192. The van der Waals surface area contributed by atoms with Gasteiger partial charge in [0.25, 0.3) is 11.8 Å². The van der Waals surface area contributed by atoms with Gasteiger partial charge in [-0.05, 0) is 60.0 Å². The first-order chi connectivity index (χ1) is 16.7. The molecule has 0 saturated carbocycles. The Labute approximate surface area is 219 Å². The number of halogens is 3. The summed E-state index contributed by atoms with van der Waals surface area (Å²) in [5, 5.41) is 8.33. The highest BCUT2D eigenvalue weighted by molar-refractivity contribution is 6.31. The van der Waals surface area contributed by atoms with E-state index in [1.54, 1.807) is 42.5 Å². The van der Waals surface area contributed by atoms with Crippen LogP contribution >= 0.6 is 34.8 Å². The van der Waals surface area contributed by atoms with E-state index >= 15 is 0 Å². The average Bonchev–Trinajstić information content (AvgIpc) is 2.81. The van der Waals surface area contributed by atoms with E-state index in [4.69, 9.17) is 39.5 Å². The molecular weight excluding hydrogens is 509 g/mol. The van der Waals surface area contributed by atoms with E-state index in [1.165, 1.54) is 12.3 Å². The first-order valence-corrected chi connectivity index (χ1v) is 11.9. The molecule has 3 aromatic carbocycles. The minimum Gasteiger partial charge on any atom is -0.488 e. The first kappa shape index (κ1) is 26.5. The van der Waals surface area contributed by atoms with Gasteiger partial charge in [-0.2, -0.15) is 5.10 Å². The molecular formula is C26H24Cl3N3O3. The summed E-state index contributed by atoms with van der Waals surface area (Å²) in [7, 11) is 0. The number of rotatable bonds is 9. The van der Waals surface area contributed by atoms with Crippen LogP contribution in [0.5, 0.6) is 5.75 Å². The summed E-state index contributed by atoms with van der Waals surface area (Å²) < 4.78 is 5.90. The number of carbonyl (C=O) groups is 2. The van der Waals surface area contributed by atoms with Gasteiger partial charge in [-0.1, -0.05) is 66.8 Å². The van der Waals surface area contributed by atoms with E-state index in [9.17, 15) is 9.59 Å². The van der Waals surface area contributed by atoms with Gasteiger partial charge in [-0.25, -0.2) is 5.43 Å². The van der Waals surface area contributed by atoms with E-state index in [-0.39, 0.29) is 5.92 Å². The van der Waals surface area contributed by atoms with Crippen LogP contribution in [0.1, 0.15) is 35.3 Å². The van der Waals surface area contributed by atoms with Gasteiger partial charge in [0, 0.05) is 26.2 Å². The zero-order valence-corrected chi connectivity index (χ0v) is 21.4. The van der Waals surface area contributed by atoms with Crippen molar-refractivity contribution < 1.29 is 14.3 Å². The van der Waals surface area contributed by atoms with Gasteiger partial charge in [0.05, 0.1) is 6.21 Å². The van der Waals surface area contributed by atoms with Crippen LogP contribution < -0.4 is 15.5 Å². The number of hydrogen-bond acceptors (Lipinski definition) is 4. The van der Waals surface area contributed by atoms with Crippen molar-refractivity contribution in [2.75, 3.05) is 0 Å². The third kappa shape index (κ3) is 7.99. The Morgan fingerprint density at radius 2 is 1.63 bits per heavy atom. The normalized spacial score (nSPS) is 11.9. The molecule has 3 rings (SSSR count). The Hall–Kier alpha value is -3.06. The molecule has 182 valence electrons. The second-order valence-corrected chi connectivity index (χ2v) is 9.35. The van der Waals surface area contributed by atoms with Gasteiger partial charge < -0.3 is 10.1 Å². The molecule has 0 bridgehead atoms.